The van der Waals surface area contributed by atoms with Gasteiger partial charge in [-0.15, -0.1) is 10.2 Å². The van der Waals surface area contributed by atoms with Crippen molar-refractivity contribution in [3.05, 3.63) is 27.0 Å². The van der Waals surface area contributed by atoms with Crippen molar-refractivity contribution in [2.24, 2.45) is 11.8 Å². The van der Waals surface area contributed by atoms with Crippen LogP contribution in [0.2, 0.25) is 5.15 Å². The highest BCUT2D eigenvalue weighted by Crippen LogP contribution is 2.61. The normalized spacial score (nSPS) is 23.2. The summed E-state index contributed by atoms with van der Waals surface area (Å²) >= 11 is 6.64. The lowest BCUT2D eigenvalue weighted by molar-refractivity contribution is 0.546. The molecule has 0 N–H and O–H groups in total. The predicted octanol–water partition coefficient (Wildman–Crippen LogP) is 2.70. The molecule has 5 nitrogen and oxygen atoms in total. The molecule has 0 atom stereocenters. The van der Waals surface area contributed by atoms with Crippen molar-refractivity contribution in [3.63, 3.8) is 0 Å². The molecule has 0 unspecified atom stereocenters. The Morgan fingerprint density at radius 3 is 2.55 bits per heavy atom. The second kappa shape index (κ2) is 4.13. The van der Waals surface area contributed by atoms with Gasteiger partial charge in [0.2, 0.25) is 5.65 Å². The number of halogens is 1. The highest BCUT2D eigenvalue weighted by molar-refractivity contribution is 6.30. The monoisotopic (exact) mass is 318 g/mol. The van der Waals surface area contributed by atoms with Gasteiger partial charge in [0.15, 0.2) is 0 Å². The zero-order valence-corrected chi connectivity index (χ0v) is 13.4. The van der Waals surface area contributed by atoms with E-state index in [1.54, 1.807) is 4.57 Å². The van der Waals surface area contributed by atoms with Crippen LogP contribution in [0.25, 0.3) is 5.65 Å². The first-order valence-electron chi connectivity index (χ1n) is 8.26. The second-order valence-corrected chi connectivity index (χ2v) is 7.71. The summed E-state index contributed by atoms with van der Waals surface area (Å²) in [6.45, 7) is 2.70. The average molecular weight is 319 g/mol. The van der Waals surface area contributed by atoms with E-state index in [4.69, 9.17) is 11.6 Å². The summed E-state index contributed by atoms with van der Waals surface area (Å²) in [4.78, 5) is 12.8. The second-order valence-electron chi connectivity index (χ2n) is 7.35. The van der Waals surface area contributed by atoms with Gasteiger partial charge in [-0.3, -0.25) is 9.20 Å². The van der Waals surface area contributed by atoms with Gasteiger partial charge in [-0.1, -0.05) is 11.6 Å². The Kier molecular flexibility index (Phi) is 2.46. The van der Waals surface area contributed by atoms with Crippen LogP contribution in [0.1, 0.15) is 50.0 Å². The molecule has 2 heterocycles. The maximum Gasteiger partial charge on any atom is 0.296 e. The van der Waals surface area contributed by atoms with E-state index in [0.29, 0.717) is 22.6 Å². The van der Waals surface area contributed by atoms with E-state index in [1.807, 2.05) is 11.3 Å². The Labute approximate surface area is 133 Å². The number of rotatable bonds is 4. The van der Waals surface area contributed by atoms with E-state index in [0.717, 1.165) is 30.9 Å². The molecule has 5 rings (SSSR count). The Bertz CT molecular complexity index is 840. The van der Waals surface area contributed by atoms with Crippen LogP contribution in [0.15, 0.2) is 4.79 Å². The standard InChI is InChI=1S/C16H19ClN4O/c1-9-12(17)21-13(14(22)20(9)8-10-2-3-10)18-19-15(21)16(6-7-16)11-4-5-11/h10-11H,2-8H2,1H3. The van der Waals surface area contributed by atoms with E-state index in [1.165, 1.54) is 25.7 Å². The number of nitrogens with zero attached hydrogens (tertiary/aromatic N) is 4. The van der Waals surface area contributed by atoms with Crippen LogP contribution >= 0.6 is 11.6 Å². The van der Waals surface area contributed by atoms with Crippen LogP contribution in [0.3, 0.4) is 0 Å². The molecule has 0 bridgehead atoms. The zero-order valence-electron chi connectivity index (χ0n) is 12.7. The van der Waals surface area contributed by atoms with Gasteiger partial charge in [0, 0.05) is 12.0 Å². The first-order valence-corrected chi connectivity index (χ1v) is 8.64. The molecule has 0 aliphatic heterocycles. The maximum absolute atomic E-state index is 12.8. The van der Waals surface area contributed by atoms with Crippen molar-refractivity contribution >= 4 is 17.2 Å². The van der Waals surface area contributed by atoms with Crippen LogP contribution in [-0.2, 0) is 12.0 Å². The van der Waals surface area contributed by atoms with Crippen LogP contribution in [0, 0.1) is 18.8 Å². The molecular formula is C16H19ClN4O. The summed E-state index contributed by atoms with van der Waals surface area (Å²) in [6, 6.07) is 0. The minimum atomic E-state index is -0.0425. The van der Waals surface area contributed by atoms with Gasteiger partial charge in [-0.25, -0.2) is 0 Å². The predicted molar refractivity (Wildman–Crippen MR) is 83.4 cm³/mol. The lowest BCUT2D eigenvalue weighted by atomic mass is 10.00. The van der Waals surface area contributed by atoms with Crippen molar-refractivity contribution in [1.29, 1.82) is 0 Å². The number of hydrogen-bond donors (Lipinski definition) is 0. The molecule has 0 spiro atoms. The first-order chi connectivity index (χ1) is 10.6. The average Bonchev–Trinajstić information content (AvgIpc) is 3.33. The molecule has 0 aromatic carbocycles. The summed E-state index contributed by atoms with van der Waals surface area (Å²) in [5, 5.41) is 9.24. The quantitative estimate of drug-likeness (QED) is 0.871. The Hall–Kier alpha value is -1.36. The molecule has 2 aromatic heterocycles. The SMILES string of the molecule is Cc1c(Cl)n2c(C3(C4CC4)CC3)nnc2c(=O)n1CC1CC1. The van der Waals surface area contributed by atoms with Crippen LogP contribution < -0.4 is 5.56 Å². The number of aromatic nitrogens is 4. The van der Waals surface area contributed by atoms with Gasteiger partial charge in [0.05, 0.1) is 5.69 Å². The third kappa shape index (κ3) is 1.69. The van der Waals surface area contributed by atoms with Crippen molar-refractivity contribution in [2.45, 2.75) is 57.4 Å². The fraction of sp³-hybridized carbons (Fsp3) is 0.688. The number of hydrogen-bond acceptors (Lipinski definition) is 3. The summed E-state index contributed by atoms with van der Waals surface area (Å²) in [7, 11) is 0. The fourth-order valence-corrected chi connectivity index (χ4v) is 4.10. The van der Waals surface area contributed by atoms with Crippen molar-refractivity contribution in [3.8, 4) is 0 Å². The third-order valence-electron chi connectivity index (χ3n) is 5.73. The van der Waals surface area contributed by atoms with E-state index in [9.17, 15) is 4.79 Å². The van der Waals surface area contributed by atoms with Crippen molar-refractivity contribution < 1.29 is 0 Å². The Morgan fingerprint density at radius 2 is 1.95 bits per heavy atom. The molecule has 0 amide bonds. The molecule has 22 heavy (non-hydrogen) atoms. The molecule has 2 aromatic rings. The first kappa shape index (κ1) is 13.1. The maximum atomic E-state index is 12.8. The summed E-state index contributed by atoms with van der Waals surface area (Å²) in [6.07, 6.45) is 7.25. The fourth-order valence-electron chi connectivity index (χ4n) is 3.84. The molecule has 6 heteroatoms. The van der Waals surface area contributed by atoms with Gasteiger partial charge < -0.3 is 4.57 Å². The van der Waals surface area contributed by atoms with Gasteiger partial charge in [-0.2, -0.15) is 0 Å². The van der Waals surface area contributed by atoms with E-state index in [2.05, 4.69) is 10.2 Å². The molecule has 0 radical (unpaired) electrons. The lowest BCUT2D eigenvalue weighted by Crippen LogP contribution is -2.27. The topological polar surface area (TPSA) is 52.2 Å². The van der Waals surface area contributed by atoms with Gasteiger partial charge in [0.1, 0.15) is 11.0 Å². The largest absolute Gasteiger partial charge is 0.306 e. The van der Waals surface area contributed by atoms with Gasteiger partial charge in [-0.05, 0) is 57.3 Å². The van der Waals surface area contributed by atoms with Gasteiger partial charge >= 0.3 is 0 Å². The van der Waals surface area contributed by atoms with E-state index < -0.39 is 0 Å². The molecule has 3 aliphatic carbocycles. The number of fused-ring (bicyclic) bond motifs is 1. The van der Waals surface area contributed by atoms with Crippen LogP contribution in [-0.4, -0.2) is 19.2 Å². The van der Waals surface area contributed by atoms with Gasteiger partial charge in [0.25, 0.3) is 5.56 Å². The molecule has 116 valence electrons. The smallest absolute Gasteiger partial charge is 0.296 e. The van der Waals surface area contributed by atoms with E-state index >= 15 is 0 Å². The molecule has 3 saturated carbocycles. The summed E-state index contributed by atoms with van der Waals surface area (Å²) < 4.78 is 3.64. The van der Waals surface area contributed by atoms with Crippen LogP contribution in [0.4, 0.5) is 0 Å². The molecule has 3 fully saturated rings. The summed E-state index contributed by atoms with van der Waals surface area (Å²) in [5.41, 5.74) is 1.35. The Morgan fingerprint density at radius 1 is 1.23 bits per heavy atom. The minimum absolute atomic E-state index is 0.0425. The minimum Gasteiger partial charge on any atom is -0.306 e. The van der Waals surface area contributed by atoms with E-state index in [-0.39, 0.29) is 11.0 Å². The zero-order chi connectivity index (χ0) is 15.1. The molecule has 0 saturated heterocycles. The highest BCUT2D eigenvalue weighted by atomic mass is 35.5. The van der Waals surface area contributed by atoms with Crippen molar-refractivity contribution in [2.75, 3.05) is 0 Å². The Balaban J connectivity index is 1.73. The highest BCUT2D eigenvalue weighted by Gasteiger charge is 2.58. The molecular weight excluding hydrogens is 300 g/mol. The lowest BCUT2D eigenvalue weighted by Gasteiger charge is -2.16. The van der Waals surface area contributed by atoms with Crippen LogP contribution in [0.5, 0.6) is 0 Å². The van der Waals surface area contributed by atoms with Crippen molar-refractivity contribution in [1.82, 2.24) is 19.2 Å². The molecule has 3 aliphatic rings. The third-order valence-corrected chi connectivity index (χ3v) is 6.17. The summed E-state index contributed by atoms with van der Waals surface area (Å²) in [5.74, 6) is 2.26.